The van der Waals surface area contributed by atoms with Crippen molar-refractivity contribution >= 4 is 15.9 Å². The second-order valence-corrected chi connectivity index (χ2v) is 5.55. The second kappa shape index (κ2) is 7.26. The van der Waals surface area contributed by atoms with Crippen LogP contribution in [0.4, 0.5) is 13.2 Å². The van der Waals surface area contributed by atoms with Gasteiger partial charge in [-0.25, -0.2) is 0 Å². The molecular formula is C13H18BrF3N2. The van der Waals surface area contributed by atoms with Crippen LogP contribution >= 0.6 is 15.9 Å². The molecule has 19 heavy (non-hydrogen) atoms. The summed E-state index contributed by atoms with van der Waals surface area (Å²) in [6, 6.07) is 4.26. The summed E-state index contributed by atoms with van der Waals surface area (Å²) in [5, 5.41) is 3.05. The largest absolute Gasteiger partial charge is 0.416 e. The lowest BCUT2D eigenvalue weighted by Crippen LogP contribution is -2.22. The molecule has 0 amide bonds. The van der Waals surface area contributed by atoms with Gasteiger partial charge in [-0.1, -0.05) is 22.0 Å². The first-order chi connectivity index (χ1) is 8.80. The zero-order valence-corrected chi connectivity index (χ0v) is 12.6. The van der Waals surface area contributed by atoms with Gasteiger partial charge in [-0.15, -0.1) is 0 Å². The molecule has 1 aromatic rings. The van der Waals surface area contributed by atoms with Crippen molar-refractivity contribution in [1.82, 2.24) is 10.2 Å². The summed E-state index contributed by atoms with van der Waals surface area (Å²) in [4.78, 5) is 2.04. The van der Waals surface area contributed by atoms with E-state index in [2.05, 4.69) is 21.2 Å². The van der Waals surface area contributed by atoms with E-state index in [-0.39, 0.29) is 12.1 Å². The van der Waals surface area contributed by atoms with E-state index in [1.165, 1.54) is 6.07 Å². The normalized spacial score (nSPS) is 12.2. The molecule has 0 radical (unpaired) electrons. The predicted octanol–water partition coefficient (Wildman–Crippen LogP) is 3.51. The Bertz CT molecular complexity index is 405. The van der Waals surface area contributed by atoms with Crippen molar-refractivity contribution in [1.29, 1.82) is 0 Å². The van der Waals surface area contributed by atoms with Gasteiger partial charge in [0.25, 0.3) is 0 Å². The smallest absolute Gasteiger partial charge is 0.313 e. The predicted molar refractivity (Wildman–Crippen MR) is 74.0 cm³/mol. The van der Waals surface area contributed by atoms with E-state index in [0.717, 1.165) is 19.0 Å². The molecule has 1 rings (SSSR count). The number of nitrogens with one attached hydrogen (secondary N) is 1. The molecule has 0 atom stereocenters. The highest BCUT2D eigenvalue weighted by Gasteiger charge is 2.33. The summed E-state index contributed by atoms with van der Waals surface area (Å²) in [7, 11) is 3.94. The zero-order valence-electron chi connectivity index (χ0n) is 11.0. The summed E-state index contributed by atoms with van der Waals surface area (Å²) in [6.45, 7) is 1.85. The fraction of sp³-hybridized carbons (Fsp3) is 0.538. The molecule has 0 heterocycles. The summed E-state index contributed by atoms with van der Waals surface area (Å²) in [6.07, 6.45) is -3.41. The van der Waals surface area contributed by atoms with Gasteiger partial charge in [0.2, 0.25) is 0 Å². The maximum absolute atomic E-state index is 12.9. The third-order valence-corrected chi connectivity index (χ3v) is 3.14. The Balaban J connectivity index is 2.58. The molecule has 0 saturated heterocycles. The molecule has 0 aromatic heterocycles. The van der Waals surface area contributed by atoms with Crippen LogP contribution in [-0.2, 0) is 12.7 Å². The Morgan fingerprint density at radius 3 is 2.53 bits per heavy atom. The summed E-state index contributed by atoms with van der Waals surface area (Å²) in [5.41, 5.74) is -0.303. The number of nitrogens with zero attached hydrogens (tertiary/aromatic N) is 1. The molecule has 0 bridgehead atoms. The molecule has 0 aliphatic rings. The van der Waals surface area contributed by atoms with Crippen LogP contribution in [0.1, 0.15) is 17.5 Å². The van der Waals surface area contributed by atoms with E-state index in [9.17, 15) is 13.2 Å². The molecular weight excluding hydrogens is 321 g/mol. The molecule has 1 N–H and O–H groups in total. The highest BCUT2D eigenvalue weighted by atomic mass is 79.9. The molecule has 0 aliphatic heterocycles. The topological polar surface area (TPSA) is 15.3 Å². The summed E-state index contributed by atoms with van der Waals surface area (Å²) >= 11 is 3.07. The standard InChI is InChI=1S/C13H18BrF3N2/c1-19(2)7-3-6-18-9-10-4-5-11(14)8-12(10)13(15,16)17/h4-5,8,18H,3,6-7,9H2,1-2H3. The second-order valence-electron chi connectivity index (χ2n) is 4.63. The van der Waals surface area contributed by atoms with Gasteiger partial charge in [-0.3, -0.25) is 0 Å². The van der Waals surface area contributed by atoms with Crippen LogP contribution in [0.5, 0.6) is 0 Å². The maximum Gasteiger partial charge on any atom is 0.416 e. The van der Waals surface area contributed by atoms with E-state index < -0.39 is 11.7 Å². The Labute approximate surface area is 120 Å². The first-order valence-electron chi connectivity index (χ1n) is 6.02. The van der Waals surface area contributed by atoms with Crippen LogP contribution < -0.4 is 5.32 Å². The van der Waals surface area contributed by atoms with Gasteiger partial charge in [0, 0.05) is 11.0 Å². The first-order valence-corrected chi connectivity index (χ1v) is 6.81. The van der Waals surface area contributed by atoms with Crippen LogP contribution in [0.3, 0.4) is 0 Å². The van der Waals surface area contributed by atoms with Crippen molar-refractivity contribution in [2.45, 2.75) is 19.1 Å². The van der Waals surface area contributed by atoms with Crippen molar-refractivity contribution < 1.29 is 13.2 Å². The van der Waals surface area contributed by atoms with E-state index in [1.807, 2.05) is 19.0 Å². The molecule has 0 spiro atoms. The average molecular weight is 339 g/mol. The fourth-order valence-electron chi connectivity index (χ4n) is 1.71. The van der Waals surface area contributed by atoms with Crippen LogP contribution in [-0.4, -0.2) is 32.1 Å². The molecule has 2 nitrogen and oxygen atoms in total. The lowest BCUT2D eigenvalue weighted by Gasteiger charge is -2.14. The monoisotopic (exact) mass is 338 g/mol. The van der Waals surface area contributed by atoms with E-state index in [4.69, 9.17) is 0 Å². The molecule has 0 aliphatic carbocycles. The Kier molecular flexibility index (Phi) is 6.29. The van der Waals surface area contributed by atoms with Gasteiger partial charge < -0.3 is 10.2 Å². The van der Waals surface area contributed by atoms with Gasteiger partial charge in [-0.2, -0.15) is 13.2 Å². The van der Waals surface area contributed by atoms with Gasteiger partial charge >= 0.3 is 6.18 Å². The summed E-state index contributed by atoms with van der Waals surface area (Å²) in [5.74, 6) is 0. The molecule has 0 unspecified atom stereocenters. The van der Waals surface area contributed by atoms with E-state index in [0.29, 0.717) is 11.0 Å². The lowest BCUT2D eigenvalue weighted by molar-refractivity contribution is -0.138. The maximum atomic E-state index is 12.9. The van der Waals surface area contributed by atoms with Crippen molar-refractivity contribution in [3.8, 4) is 0 Å². The van der Waals surface area contributed by atoms with Crippen LogP contribution in [0, 0.1) is 0 Å². The molecule has 0 fully saturated rings. The highest BCUT2D eigenvalue weighted by Crippen LogP contribution is 2.33. The number of rotatable bonds is 6. The molecule has 1 aromatic carbocycles. The third-order valence-electron chi connectivity index (χ3n) is 2.65. The van der Waals surface area contributed by atoms with Crippen LogP contribution in [0.2, 0.25) is 0 Å². The minimum atomic E-state index is -4.32. The zero-order chi connectivity index (χ0) is 14.5. The fourth-order valence-corrected chi connectivity index (χ4v) is 2.07. The van der Waals surface area contributed by atoms with E-state index >= 15 is 0 Å². The van der Waals surface area contributed by atoms with Gasteiger partial charge in [0.15, 0.2) is 0 Å². The van der Waals surface area contributed by atoms with Crippen molar-refractivity contribution in [3.63, 3.8) is 0 Å². The average Bonchev–Trinajstić information content (AvgIpc) is 2.28. The van der Waals surface area contributed by atoms with Crippen LogP contribution in [0.15, 0.2) is 22.7 Å². The quantitative estimate of drug-likeness (QED) is 0.798. The minimum Gasteiger partial charge on any atom is -0.313 e. The summed E-state index contributed by atoms with van der Waals surface area (Å²) < 4.78 is 39.0. The van der Waals surface area contributed by atoms with Gasteiger partial charge in [0.1, 0.15) is 0 Å². The van der Waals surface area contributed by atoms with Gasteiger partial charge in [-0.05, 0) is 51.3 Å². The Hall–Kier alpha value is -0.590. The SMILES string of the molecule is CN(C)CCCNCc1ccc(Br)cc1C(F)(F)F. The van der Waals surface area contributed by atoms with Crippen molar-refractivity contribution in [2.75, 3.05) is 27.2 Å². The molecule has 108 valence electrons. The number of hydrogen-bond acceptors (Lipinski definition) is 2. The first kappa shape index (κ1) is 16.5. The minimum absolute atomic E-state index is 0.232. The number of alkyl halides is 3. The molecule has 6 heteroatoms. The van der Waals surface area contributed by atoms with Crippen LogP contribution in [0.25, 0.3) is 0 Å². The Morgan fingerprint density at radius 2 is 1.95 bits per heavy atom. The van der Waals surface area contributed by atoms with Crippen molar-refractivity contribution in [3.05, 3.63) is 33.8 Å². The lowest BCUT2D eigenvalue weighted by atomic mass is 10.1. The highest BCUT2D eigenvalue weighted by molar-refractivity contribution is 9.10. The third kappa shape index (κ3) is 5.93. The van der Waals surface area contributed by atoms with E-state index in [1.54, 1.807) is 6.07 Å². The van der Waals surface area contributed by atoms with Gasteiger partial charge in [0.05, 0.1) is 5.56 Å². The number of benzene rings is 1. The Morgan fingerprint density at radius 1 is 1.26 bits per heavy atom. The number of hydrogen-bond donors (Lipinski definition) is 1. The van der Waals surface area contributed by atoms with Crippen molar-refractivity contribution in [2.24, 2.45) is 0 Å². The number of halogens is 4. The molecule has 0 saturated carbocycles.